The van der Waals surface area contributed by atoms with Crippen molar-refractivity contribution in [2.75, 3.05) is 17.3 Å². The molecule has 4 aromatic rings. The highest BCUT2D eigenvalue weighted by Crippen LogP contribution is 2.50. The molecule has 0 radical (unpaired) electrons. The van der Waals surface area contributed by atoms with Crippen molar-refractivity contribution in [3.63, 3.8) is 0 Å². The average Bonchev–Trinajstić information content (AvgIpc) is 3.29. The van der Waals surface area contributed by atoms with Crippen molar-refractivity contribution in [3.05, 3.63) is 107 Å². The zero-order valence-corrected chi connectivity index (χ0v) is 23.1. The van der Waals surface area contributed by atoms with Crippen LogP contribution in [0.2, 0.25) is 0 Å². The Morgan fingerprint density at radius 2 is 1.85 bits per heavy atom. The Morgan fingerprint density at radius 1 is 1.05 bits per heavy atom. The number of hydrogen-bond acceptors (Lipinski definition) is 6. The van der Waals surface area contributed by atoms with E-state index in [0.29, 0.717) is 29.3 Å². The Balaban J connectivity index is 1.42. The van der Waals surface area contributed by atoms with Crippen LogP contribution in [0.3, 0.4) is 0 Å². The summed E-state index contributed by atoms with van der Waals surface area (Å²) in [6.45, 7) is 8.60. The van der Waals surface area contributed by atoms with Crippen LogP contribution in [-0.2, 0) is 6.54 Å². The zero-order chi connectivity index (χ0) is 28.2. The van der Waals surface area contributed by atoms with Gasteiger partial charge in [0.25, 0.3) is 0 Å². The van der Waals surface area contributed by atoms with Gasteiger partial charge < -0.3 is 19.7 Å². The lowest BCUT2D eigenvalue weighted by molar-refractivity contribution is 0.0733. The van der Waals surface area contributed by atoms with Crippen LogP contribution in [0.15, 0.2) is 72.9 Å². The van der Waals surface area contributed by atoms with E-state index in [1.54, 1.807) is 50.6 Å². The van der Waals surface area contributed by atoms with Gasteiger partial charge in [-0.15, -0.1) is 0 Å². The highest BCUT2D eigenvalue weighted by atomic mass is 19.1. The molecular weight excluding hydrogens is 505 g/mol. The van der Waals surface area contributed by atoms with Gasteiger partial charge in [-0.05, 0) is 92.9 Å². The third kappa shape index (κ3) is 4.37. The van der Waals surface area contributed by atoms with E-state index in [9.17, 15) is 9.18 Å². The van der Waals surface area contributed by atoms with Gasteiger partial charge >= 0.3 is 5.97 Å². The van der Waals surface area contributed by atoms with Gasteiger partial charge in [0.15, 0.2) is 0 Å². The Bertz CT molecular complexity index is 1710. The number of aryl methyl sites for hydroxylation is 2. The van der Waals surface area contributed by atoms with Crippen molar-refractivity contribution >= 4 is 23.0 Å². The molecule has 7 heteroatoms. The number of nitrogens with one attached hydrogen (secondary N) is 1. The lowest BCUT2D eigenvalue weighted by Gasteiger charge is -2.33. The van der Waals surface area contributed by atoms with Crippen molar-refractivity contribution in [2.24, 2.45) is 0 Å². The maximum absolute atomic E-state index is 14.4. The molecule has 2 aliphatic heterocycles. The van der Waals surface area contributed by atoms with E-state index >= 15 is 0 Å². The fraction of sp³-hybridized carbons (Fsp3) is 0.212. The summed E-state index contributed by atoms with van der Waals surface area (Å²) in [5.41, 5.74) is 8.77. The monoisotopic (exact) mass is 535 g/mol. The number of anilines is 2. The van der Waals surface area contributed by atoms with Gasteiger partial charge in [0, 0.05) is 47.0 Å². The second-order valence-electron chi connectivity index (χ2n) is 10.8. The second-order valence-corrected chi connectivity index (χ2v) is 10.8. The SMILES string of the molecule is COc1cc(OC(=O)c2cccnc2C)ccc1-c1ccc2c3c1CN(c1cc(F)ccc1C)C3=CC(C)(C)N2. The molecule has 0 amide bonds. The lowest BCUT2D eigenvalue weighted by atomic mass is 9.89. The molecule has 6 rings (SSSR count). The number of hydrogen-bond donors (Lipinski definition) is 1. The van der Waals surface area contributed by atoms with E-state index in [1.165, 1.54) is 6.07 Å². The summed E-state index contributed by atoms with van der Waals surface area (Å²) >= 11 is 0. The number of halogens is 1. The molecule has 3 heterocycles. The number of benzene rings is 3. The third-order valence-electron chi connectivity index (χ3n) is 7.49. The summed E-state index contributed by atoms with van der Waals surface area (Å²) < 4.78 is 25.9. The van der Waals surface area contributed by atoms with Crippen molar-refractivity contribution < 1.29 is 18.7 Å². The van der Waals surface area contributed by atoms with Crippen molar-refractivity contribution in [3.8, 4) is 22.6 Å². The van der Waals surface area contributed by atoms with Crippen molar-refractivity contribution in [1.82, 2.24) is 4.98 Å². The highest BCUT2D eigenvalue weighted by Gasteiger charge is 2.37. The fourth-order valence-electron chi connectivity index (χ4n) is 5.62. The molecule has 202 valence electrons. The minimum Gasteiger partial charge on any atom is -0.496 e. The summed E-state index contributed by atoms with van der Waals surface area (Å²) in [4.78, 5) is 19.1. The number of methoxy groups -OCH3 is 1. The van der Waals surface area contributed by atoms with Gasteiger partial charge in [-0.25, -0.2) is 9.18 Å². The predicted molar refractivity (Wildman–Crippen MR) is 155 cm³/mol. The average molecular weight is 536 g/mol. The van der Waals surface area contributed by atoms with Gasteiger partial charge in [-0.1, -0.05) is 12.1 Å². The summed E-state index contributed by atoms with van der Waals surface area (Å²) in [5, 5.41) is 3.63. The van der Waals surface area contributed by atoms with Crippen molar-refractivity contribution in [1.29, 1.82) is 0 Å². The molecule has 0 spiro atoms. The topological polar surface area (TPSA) is 63.7 Å². The Morgan fingerprint density at radius 3 is 2.62 bits per heavy atom. The van der Waals surface area contributed by atoms with Crippen LogP contribution in [-0.4, -0.2) is 23.6 Å². The second kappa shape index (κ2) is 9.52. The van der Waals surface area contributed by atoms with Crippen LogP contribution < -0.4 is 19.7 Å². The highest BCUT2D eigenvalue weighted by molar-refractivity contribution is 5.98. The number of ether oxygens (including phenoxy) is 2. The maximum atomic E-state index is 14.4. The van der Waals surface area contributed by atoms with Crippen LogP contribution in [0.25, 0.3) is 16.8 Å². The van der Waals surface area contributed by atoms with E-state index in [1.807, 2.05) is 19.1 Å². The van der Waals surface area contributed by atoms with Crippen LogP contribution >= 0.6 is 0 Å². The van der Waals surface area contributed by atoms with Crippen molar-refractivity contribution in [2.45, 2.75) is 39.8 Å². The summed E-state index contributed by atoms with van der Waals surface area (Å²) in [5.74, 6) is 0.222. The van der Waals surface area contributed by atoms with E-state index in [-0.39, 0.29) is 11.4 Å². The molecule has 0 aliphatic carbocycles. The minimum absolute atomic E-state index is 0.265. The summed E-state index contributed by atoms with van der Waals surface area (Å²) in [6, 6.07) is 17.9. The first-order chi connectivity index (χ1) is 19.1. The number of rotatable bonds is 5. The number of aromatic nitrogens is 1. The molecule has 1 aromatic heterocycles. The first-order valence-electron chi connectivity index (χ1n) is 13.2. The van der Waals surface area contributed by atoms with E-state index < -0.39 is 5.97 Å². The predicted octanol–water partition coefficient (Wildman–Crippen LogP) is 7.30. The molecule has 0 saturated carbocycles. The van der Waals surface area contributed by atoms with Gasteiger partial charge in [0.2, 0.25) is 0 Å². The number of carbonyl (C=O) groups is 1. The standard InChI is InChI=1S/C33H30FN3O3/c1-19-8-9-21(34)15-28(19)37-18-26-24(12-13-27-31(26)29(37)17-33(3,4)36-27)25-11-10-22(16-30(25)39-5)40-32(38)23-7-6-14-35-20(23)2/h6-17,36H,18H2,1-5H3. The summed E-state index contributed by atoms with van der Waals surface area (Å²) in [6.07, 6.45) is 3.85. The van der Waals surface area contributed by atoms with Crippen LogP contribution in [0.5, 0.6) is 11.5 Å². The summed E-state index contributed by atoms with van der Waals surface area (Å²) in [7, 11) is 1.60. The van der Waals surface area contributed by atoms with Gasteiger partial charge in [-0.3, -0.25) is 4.98 Å². The zero-order valence-electron chi connectivity index (χ0n) is 23.1. The Kier molecular flexibility index (Phi) is 6.10. The molecule has 6 nitrogen and oxygen atoms in total. The van der Waals surface area contributed by atoms with E-state index in [2.05, 4.69) is 47.3 Å². The molecular formula is C33H30FN3O3. The van der Waals surface area contributed by atoms with E-state index in [4.69, 9.17) is 9.47 Å². The fourth-order valence-corrected chi connectivity index (χ4v) is 5.62. The lowest BCUT2D eigenvalue weighted by Crippen LogP contribution is -2.33. The molecule has 2 aliphatic rings. The quantitative estimate of drug-likeness (QED) is 0.214. The van der Waals surface area contributed by atoms with Gasteiger partial charge in [0.1, 0.15) is 17.3 Å². The smallest absolute Gasteiger partial charge is 0.345 e. The van der Waals surface area contributed by atoms with E-state index in [0.717, 1.165) is 44.9 Å². The molecule has 0 bridgehead atoms. The molecule has 0 saturated heterocycles. The van der Waals surface area contributed by atoms with Crippen LogP contribution in [0, 0.1) is 19.7 Å². The minimum atomic E-state index is -0.475. The number of pyridine rings is 1. The maximum Gasteiger partial charge on any atom is 0.345 e. The molecule has 3 aromatic carbocycles. The molecule has 0 fully saturated rings. The van der Waals surface area contributed by atoms with Gasteiger partial charge in [-0.2, -0.15) is 0 Å². The normalized spacial score (nSPS) is 14.8. The first-order valence-corrected chi connectivity index (χ1v) is 13.2. The van der Waals surface area contributed by atoms with Crippen LogP contribution in [0.1, 0.15) is 46.6 Å². The molecule has 0 atom stereocenters. The van der Waals surface area contributed by atoms with Gasteiger partial charge in [0.05, 0.1) is 23.9 Å². The number of nitrogens with zero attached hydrogens (tertiary/aromatic N) is 2. The molecule has 40 heavy (non-hydrogen) atoms. The molecule has 1 N–H and O–H groups in total. The first kappa shape index (κ1) is 25.6. The largest absolute Gasteiger partial charge is 0.496 e. The Labute approximate surface area is 233 Å². The number of carbonyl (C=O) groups excluding carboxylic acids is 1. The van der Waals surface area contributed by atoms with Crippen LogP contribution in [0.4, 0.5) is 15.8 Å². The third-order valence-corrected chi connectivity index (χ3v) is 7.49. The Hall–Kier alpha value is -4.65. The molecule has 0 unspecified atom stereocenters. The number of esters is 1.